The van der Waals surface area contributed by atoms with E-state index in [2.05, 4.69) is 10.2 Å². The third-order valence-corrected chi connectivity index (χ3v) is 2.22. The molecule has 0 aliphatic carbocycles. The number of nitrogens with one attached hydrogen (secondary N) is 1. The van der Waals surface area contributed by atoms with Gasteiger partial charge in [0.2, 0.25) is 0 Å². The molecular formula is C9H20N2O2. The van der Waals surface area contributed by atoms with Gasteiger partial charge in [-0.15, -0.1) is 0 Å². The molecule has 2 N–H and O–H groups in total. The van der Waals surface area contributed by atoms with Gasteiger partial charge in [-0.3, -0.25) is 4.90 Å². The van der Waals surface area contributed by atoms with E-state index in [1.54, 1.807) is 0 Å². The average Bonchev–Trinajstić information content (AvgIpc) is 2.33. The second-order valence-corrected chi connectivity index (χ2v) is 3.48. The number of hydrogen-bond donors (Lipinski definition) is 2. The summed E-state index contributed by atoms with van der Waals surface area (Å²) in [5, 5.41) is 12.5. The molecule has 0 radical (unpaired) electrons. The van der Waals surface area contributed by atoms with Gasteiger partial charge in [0, 0.05) is 32.8 Å². The first-order valence-electron chi connectivity index (χ1n) is 4.95. The van der Waals surface area contributed by atoms with Gasteiger partial charge in [-0.1, -0.05) is 0 Å². The van der Waals surface area contributed by atoms with Crippen molar-refractivity contribution in [1.29, 1.82) is 0 Å². The maximum absolute atomic E-state index is 9.55. The molecule has 1 atom stereocenters. The van der Waals surface area contributed by atoms with Crippen LogP contribution in [0.3, 0.4) is 0 Å². The molecule has 1 saturated heterocycles. The lowest BCUT2D eigenvalue weighted by atomic mass is 10.3. The Balaban J connectivity index is 2.17. The van der Waals surface area contributed by atoms with Crippen LogP contribution in [0.2, 0.25) is 0 Å². The quantitative estimate of drug-likeness (QED) is 0.612. The smallest absolute Gasteiger partial charge is 0.0791 e. The Labute approximate surface area is 79.9 Å². The van der Waals surface area contributed by atoms with Gasteiger partial charge < -0.3 is 15.2 Å². The number of β-amino-alcohol motifs (C(OH)–C–C–N with tert-alkyl or cyclic N) is 1. The summed E-state index contributed by atoms with van der Waals surface area (Å²) in [6.07, 6.45) is 0.815. The van der Waals surface area contributed by atoms with Gasteiger partial charge in [0.25, 0.3) is 0 Å². The van der Waals surface area contributed by atoms with Crippen molar-refractivity contribution >= 4 is 0 Å². The molecule has 0 aromatic carbocycles. The third-order valence-electron chi connectivity index (χ3n) is 2.22. The van der Waals surface area contributed by atoms with Crippen molar-refractivity contribution in [2.45, 2.75) is 12.5 Å². The van der Waals surface area contributed by atoms with Crippen LogP contribution in [0.1, 0.15) is 6.42 Å². The van der Waals surface area contributed by atoms with Crippen LogP contribution in [0.15, 0.2) is 0 Å². The normalized spacial score (nSPS) is 22.6. The van der Waals surface area contributed by atoms with Gasteiger partial charge in [-0.2, -0.15) is 0 Å². The minimum absolute atomic E-state index is 0.261. The summed E-state index contributed by atoms with van der Waals surface area (Å²) in [6.45, 7) is 5.06. The topological polar surface area (TPSA) is 44.7 Å². The largest absolute Gasteiger partial charge is 0.390 e. The van der Waals surface area contributed by atoms with E-state index >= 15 is 0 Å². The summed E-state index contributed by atoms with van der Waals surface area (Å²) in [6, 6.07) is 0. The molecule has 0 saturated carbocycles. The van der Waals surface area contributed by atoms with Crippen molar-refractivity contribution in [3.63, 3.8) is 0 Å². The van der Waals surface area contributed by atoms with Crippen LogP contribution in [-0.4, -0.2) is 62.6 Å². The lowest BCUT2D eigenvalue weighted by molar-refractivity contribution is 0.104. The van der Waals surface area contributed by atoms with E-state index in [0.29, 0.717) is 6.54 Å². The Kier molecular flexibility index (Phi) is 5.31. The number of likely N-dealkylation sites (N-methyl/N-ethyl adjacent to an activating group) is 1. The van der Waals surface area contributed by atoms with Crippen LogP contribution in [0.25, 0.3) is 0 Å². The molecule has 4 heteroatoms. The number of aliphatic hydroxyl groups is 1. The van der Waals surface area contributed by atoms with Gasteiger partial charge in [-0.05, 0) is 13.5 Å². The molecule has 0 bridgehead atoms. The fourth-order valence-electron chi connectivity index (χ4n) is 1.58. The monoisotopic (exact) mass is 188 g/mol. The van der Waals surface area contributed by atoms with E-state index in [4.69, 9.17) is 4.74 Å². The van der Waals surface area contributed by atoms with Crippen molar-refractivity contribution in [3.8, 4) is 0 Å². The lowest BCUT2D eigenvalue weighted by Crippen LogP contribution is -2.38. The molecule has 1 heterocycles. The van der Waals surface area contributed by atoms with Crippen molar-refractivity contribution in [1.82, 2.24) is 10.2 Å². The second-order valence-electron chi connectivity index (χ2n) is 3.48. The summed E-state index contributed by atoms with van der Waals surface area (Å²) in [4.78, 5) is 2.26. The molecule has 1 aliphatic heterocycles. The van der Waals surface area contributed by atoms with E-state index in [-0.39, 0.29) is 6.10 Å². The average molecular weight is 188 g/mol. The Hall–Kier alpha value is -0.160. The van der Waals surface area contributed by atoms with Gasteiger partial charge in [0.05, 0.1) is 12.7 Å². The minimum Gasteiger partial charge on any atom is -0.390 e. The fraction of sp³-hybridized carbons (Fsp3) is 1.00. The Morgan fingerprint density at radius 3 is 3.08 bits per heavy atom. The maximum Gasteiger partial charge on any atom is 0.0791 e. The molecular weight excluding hydrogens is 168 g/mol. The predicted octanol–water partition coefficient (Wildman–Crippen LogP) is -0.711. The number of hydrogen-bond acceptors (Lipinski definition) is 4. The number of nitrogens with zero attached hydrogens (tertiary/aromatic N) is 1. The SMILES string of the molecule is CNCC(O)CN1CCCOCC1. The molecule has 13 heavy (non-hydrogen) atoms. The van der Waals surface area contributed by atoms with E-state index in [1.165, 1.54) is 0 Å². The zero-order chi connectivity index (χ0) is 9.52. The molecule has 1 unspecified atom stereocenters. The zero-order valence-electron chi connectivity index (χ0n) is 8.33. The summed E-state index contributed by atoms with van der Waals surface area (Å²) in [7, 11) is 1.86. The Morgan fingerprint density at radius 2 is 2.31 bits per heavy atom. The first-order chi connectivity index (χ1) is 6.33. The number of ether oxygens (including phenoxy) is 1. The van der Waals surface area contributed by atoms with E-state index in [0.717, 1.165) is 39.3 Å². The van der Waals surface area contributed by atoms with Crippen molar-refractivity contribution < 1.29 is 9.84 Å². The summed E-state index contributed by atoms with van der Waals surface area (Å²) >= 11 is 0. The Morgan fingerprint density at radius 1 is 1.46 bits per heavy atom. The molecule has 1 fully saturated rings. The molecule has 0 aromatic rings. The summed E-state index contributed by atoms with van der Waals surface area (Å²) in [5.41, 5.74) is 0. The van der Waals surface area contributed by atoms with Crippen molar-refractivity contribution in [2.75, 3.05) is 46.4 Å². The van der Waals surface area contributed by atoms with Crippen LogP contribution in [-0.2, 0) is 4.74 Å². The second kappa shape index (κ2) is 6.32. The maximum atomic E-state index is 9.55. The van der Waals surface area contributed by atoms with E-state index < -0.39 is 0 Å². The van der Waals surface area contributed by atoms with Crippen molar-refractivity contribution in [2.24, 2.45) is 0 Å². The molecule has 78 valence electrons. The highest BCUT2D eigenvalue weighted by molar-refractivity contribution is 4.67. The van der Waals surface area contributed by atoms with Gasteiger partial charge in [0.15, 0.2) is 0 Å². The standard InChI is InChI=1S/C9H20N2O2/c1-10-7-9(12)8-11-3-2-5-13-6-4-11/h9-10,12H,2-8H2,1H3. The van der Waals surface area contributed by atoms with E-state index in [1.807, 2.05) is 7.05 Å². The predicted molar refractivity (Wildman–Crippen MR) is 51.8 cm³/mol. The first-order valence-corrected chi connectivity index (χ1v) is 4.95. The number of rotatable bonds is 4. The highest BCUT2D eigenvalue weighted by atomic mass is 16.5. The van der Waals surface area contributed by atoms with Crippen LogP contribution < -0.4 is 5.32 Å². The highest BCUT2D eigenvalue weighted by Gasteiger charge is 2.12. The molecule has 0 amide bonds. The Bertz CT molecular complexity index is 125. The van der Waals surface area contributed by atoms with Crippen LogP contribution in [0.4, 0.5) is 0 Å². The minimum atomic E-state index is -0.261. The van der Waals surface area contributed by atoms with Gasteiger partial charge in [-0.25, -0.2) is 0 Å². The first kappa shape index (κ1) is 10.9. The molecule has 0 aromatic heterocycles. The molecule has 0 spiro atoms. The van der Waals surface area contributed by atoms with Crippen LogP contribution >= 0.6 is 0 Å². The summed E-state index contributed by atoms with van der Waals surface area (Å²) in [5.74, 6) is 0. The number of aliphatic hydroxyl groups excluding tert-OH is 1. The van der Waals surface area contributed by atoms with Crippen LogP contribution in [0.5, 0.6) is 0 Å². The van der Waals surface area contributed by atoms with Crippen molar-refractivity contribution in [3.05, 3.63) is 0 Å². The van der Waals surface area contributed by atoms with E-state index in [9.17, 15) is 5.11 Å². The summed E-state index contributed by atoms with van der Waals surface area (Å²) < 4.78 is 5.33. The van der Waals surface area contributed by atoms with Gasteiger partial charge in [0.1, 0.15) is 0 Å². The molecule has 1 rings (SSSR count). The van der Waals surface area contributed by atoms with Gasteiger partial charge >= 0.3 is 0 Å². The molecule has 4 nitrogen and oxygen atoms in total. The fourth-order valence-corrected chi connectivity index (χ4v) is 1.58. The zero-order valence-corrected chi connectivity index (χ0v) is 8.33. The highest BCUT2D eigenvalue weighted by Crippen LogP contribution is 1.99. The molecule has 1 aliphatic rings. The lowest BCUT2D eigenvalue weighted by Gasteiger charge is -2.22. The van der Waals surface area contributed by atoms with Crippen LogP contribution in [0, 0.1) is 0 Å². The third kappa shape index (κ3) is 4.57.